The minimum Gasteiger partial charge on any atom is -0.477 e. The van der Waals surface area contributed by atoms with E-state index in [-0.39, 0.29) is 5.39 Å². The van der Waals surface area contributed by atoms with E-state index in [1.165, 1.54) is 6.07 Å². The van der Waals surface area contributed by atoms with Crippen molar-refractivity contribution in [2.24, 2.45) is 0 Å². The quantitative estimate of drug-likeness (QED) is 0.736. The lowest BCUT2D eigenvalue weighted by Gasteiger charge is -2.14. The first-order chi connectivity index (χ1) is 10.1. The highest BCUT2D eigenvalue weighted by Gasteiger charge is 2.22. The van der Waals surface area contributed by atoms with Crippen LogP contribution in [0.3, 0.4) is 0 Å². The zero-order valence-corrected chi connectivity index (χ0v) is 10.8. The number of fused-ring (bicyclic) bond motifs is 1. The molecule has 0 fully saturated rings. The molecule has 0 bridgehead atoms. The molecule has 21 heavy (non-hydrogen) atoms. The smallest absolute Gasteiger partial charge is 0.344 e. The van der Waals surface area contributed by atoms with Gasteiger partial charge in [0.2, 0.25) is 11.4 Å². The predicted molar refractivity (Wildman–Crippen MR) is 76.5 cm³/mol. The summed E-state index contributed by atoms with van der Waals surface area (Å²) in [5.74, 6) is -2.65. The van der Waals surface area contributed by atoms with Gasteiger partial charge in [0.15, 0.2) is 5.56 Å². The van der Waals surface area contributed by atoms with Crippen molar-refractivity contribution in [3.05, 3.63) is 76.3 Å². The molecule has 0 aliphatic rings. The normalized spacial score (nSPS) is 10.7. The Kier molecular flexibility index (Phi) is 3.02. The Labute approximate surface area is 118 Å². The Morgan fingerprint density at radius 2 is 1.62 bits per heavy atom. The summed E-state index contributed by atoms with van der Waals surface area (Å²) in [7, 11) is 0. The fourth-order valence-electron chi connectivity index (χ4n) is 2.32. The molecule has 4 nitrogen and oxygen atoms in total. The number of para-hydroxylation sites is 2. The van der Waals surface area contributed by atoms with Gasteiger partial charge in [0, 0.05) is 11.1 Å². The van der Waals surface area contributed by atoms with Gasteiger partial charge in [0.1, 0.15) is 0 Å². The van der Waals surface area contributed by atoms with Crippen LogP contribution in [0, 0.1) is 5.95 Å². The zero-order chi connectivity index (χ0) is 15.0. The number of hydrogen-bond donors (Lipinski definition) is 1. The molecule has 0 spiro atoms. The van der Waals surface area contributed by atoms with Gasteiger partial charge in [-0.2, -0.15) is 4.39 Å². The third-order valence-corrected chi connectivity index (χ3v) is 3.25. The molecule has 0 radical (unpaired) electrons. The Morgan fingerprint density at radius 3 is 2.29 bits per heavy atom. The second kappa shape index (κ2) is 4.86. The standard InChI is InChI=1S/C16H10FNO3/c17-15-13(16(20)21)14(19)11-8-4-5-9-12(11)18(15)10-6-2-1-3-7-10/h1-9H,(H,20,21). The summed E-state index contributed by atoms with van der Waals surface area (Å²) in [4.78, 5) is 23.4. The van der Waals surface area contributed by atoms with Gasteiger partial charge in [-0.05, 0) is 24.3 Å². The Bertz CT molecular complexity index is 901. The number of carboxylic acids is 1. The highest BCUT2D eigenvalue weighted by molar-refractivity contribution is 5.93. The number of pyridine rings is 1. The van der Waals surface area contributed by atoms with Crippen LogP contribution < -0.4 is 5.43 Å². The number of nitrogens with zero attached hydrogens (tertiary/aromatic N) is 1. The second-order valence-corrected chi connectivity index (χ2v) is 4.49. The molecule has 0 saturated heterocycles. The molecule has 2 aromatic carbocycles. The van der Waals surface area contributed by atoms with Gasteiger partial charge in [0.05, 0.1) is 5.52 Å². The summed E-state index contributed by atoms with van der Waals surface area (Å²) in [6, 6.07) is 14.8. The van der Waals surface area contributed by atoms with Crippen LogP contribution in [0.15, 0.2) is 59.4 Å². The van der Waals surface area contributed by atoms with E-state index in [1.54, 1.807) is 48.5 Å². The third-order valence-electron chi connectivity index (χ3n) is 3.25. The van der Waals surface area contributed by atoms with E-state index in [2.05, 4.69) is 0 Å². The van der Waals surface area contributed by atoms with Gasteiger partial charge in [-0.1, -0.05) is 30.3 Å². The lowest BCUT2D eigenvalue weighted by molar-refractivity contribution is 0.0689. The van der Waals surface area contributed by atoms with Crippen LogP contribution in [0.25, 0.3) is 16.6 Å². The van der Waals surface area contributed by atoms with Crippen molar-refractivity contribution < 1.29 is 14.3 Å². The summed E-state index contributed by atoms with van der Waals surface area (Å²) in [5.41, 5.74) is -0.884. The first-order valence-corrected chi connectivity index (χ1v) is 6.23. The molecular formula is C16H10FNO3. The lowest BCUT2D eigenvalue weighted by Crippen LogP contribution is -2.22. The molecule has 0 atom stereocenters. The van der Waals surface area contributed by atoms with Gasteiger partial charge >= 0.3 is 5.97 Å². The SMILES string of the molecule is O=C(O)c1c(F)n(-c2ccccc2)c2ccccc2c1=O. The van der Waals surface area contributed by atoms with Crippen molar-refractivity contribution in [3.8, 4) is 5.69 Å². The van der Waals surface area contributed by atoms with Crippen molar-refractivity contribution in [3.63, 3.8) is 0 Å². The maximum absolute atomic E-state index is 14.6. The van der Waals surface area contributed by atoms with Crippen LogP contribution >= 0.6 is 0 Å². The number of aromatic nitrogens is 1. The number of aromatic carboxylic acids is 1. The highest BCUT2D eigenvalue weighted by Crippen LogP contribution is 2.20. The number of carbonyl (C=O) groups is 1. The van der Waals surface area contributed by atoms with E-state index >= 15 is 0 Å². The van der Waals surface area contributed by atoms with Gasteiger partial charge in [-0.3, -0.25) is 9.36 Å². The predicted octanol–water partition coefficient (Wildman–Crippen LogP) is 2.83. The molecule has 0 unspecified atom stereocenters. The minimum atomic E-state index is -1.58. The second-order valence-electron chi connectivity index (χ2n) is 4.49. The van der Waals surface area contributed by atoms with Gasteiger partial charge in [-0.25, -0.2) is 4.79 Å². The highest BCUT2D eigenvalue weighted by atomic mass is 19.1. The number of hydrogen-bond acceptors (Lipinski definition) is 2. The Hall–Kier alpha value is -2.95. The average molecular weight is 283 g/mol. The van der Waals surface area contributed by atoms with Crippen molar-refractivity contribution in [2.45, 2.75) is 0 Å². The molecule has 0 aliphatic heterocycles. The maximum atomic E-state index is 14.6. The van der Waals surface area contributed by atoms with Crippen LogP contribution in [0.1, 0.15) is 10.4 Å². The first kappa shape index (κ1) is 13.1. The molecule has 3 rings (SSSR count). The van der Waals surface area contributed by atoms with E-state index in [9.17, 15) is 14.0 Å². The molecule has 1 heterocycles. The Morgan fingerprint density at radius 1 is 1.00 bits per heavy atom. The van der Waals surface area contributed by atoms with Gasteiger partial charge in [0.25, 0.3) is 0 Å². The minimum absolute atomic E-state index is 0.167. The summed E-state index contributed by atoms with van der Waals surface area (Å²) in [6.07, 6.45) is 0. The van der Waals surface area contributed by atoms with Crippen LogP contribution in [0.5, 0.6) is 0 Å². The molecular weight excluding hydrogens is 273 g/mol. The van der Waals surface area contributed by atoms with E-state index < -0.39 is 22.9 Å². The fourth-order valence-corrected chi connectivity index (χ4v) is 2.32. The zero-order valence-electron chi connectivity index (χ0n) is 10.8. The van der Waals surface area contributed by atoms with Crippen LogP contribution in [0.4, 0.5) is 4.39 Å². The molecule has 1 N–H and O–H groups in total. The van der Waals surface area contributed by atoms with E-state index in [1.807, 2.05) is 0 Å². The maximum Gasteiger partial charge on any atom is 0.344 e. The Balaban J connectivity index is 2.54. The summed E-state index contributed by atoms with van der Waals surface area (Å²) >= 11 is 0. The third kappa shape index (κ3) is 1.99. The monoisotopic (exact) mass is 283 g/mol. The van der Waals surface area contributed by atoms with Crippen molar-refractivity contribution in [2.75, 3.05) is 0 Å². The van der Waals surface area contributed by atoms with Gasteiger partial charge in [-0.15, -0.1) is 0 Å². The molecule has 0 amide bonds. The van der Waals surface area contributed by atoms with Crippen LogP contribution in [-0.2, 0) is 0 Å². The molecule has 3 aromatic rings. The number of benzene rings is 2. The molecule has 0 aliphatic carbocycles. The van der Waals surface area contributed by atoms with Crippen molar-refractivity contribution in [1.82, 2.24) is 4.57 Å². The summed E-state index contributed by atoms with van der Waals surface area (Å²) in [5, 5.41) is 9.29. The van der Waals surface area contributed by atoms with E-state index in [0.29, 0.717) is 11.2 Å². The topological polar surface area (TPSA) is 59.3 Å². The molecule has 5 heteroatoms. The molecule has 0 saturated carbocycles. The molecule has 104 valence electrons. The van der Waals surface area contributed by atoms with Crippen molar-refractivity contribution in [1.29, 1.82) is 0 Å². The molecule has 1 aromatic heterocycles. The fraction of sp³-hybridized carbons (Fsp3) is 0. The van der Waals surface area contributed by atoms with Crippen molar-refractivity contribution >= 4 is 16.9 Å². The van der Waals surface area contributed by atoms with E-state index in [0.717, 1.165) is 4.57 Å². The largest absolute Gasteiger partial charge is 0.477 e. The summed E-state index contributed by atoms with van der Waals surface area (Å²) < 4.78 is 15.7. The average Bonchev–Trinajstić information content (AvgIpc) is 2.48. The number of carboxylic acid groups (broad SMARTS) is 1. The van der Waals surface area contributed by atoms with E-state index in [4.69, 9.17) is 5.11 Å². The van der Waals surface area contributed by atoms with Crippen LogP contribution in [-0.4, -0.2) is 15.6 Å². The number of halogens is 1. The van der Waals surface area contributed by atoms with Crippen LogP contribution in [0.2, 0.25) is 0 Å². The lowest BCUT2D eigenvalue weighted by atomic mass is 10.1. The van der Waals surface area contributed by atoms with Gasteiger partial charge < -0.3 is 5.11 Å². The first-order valence-electron chi connectivity index (χ1n) is 6.23. The summed E-state index contributed by atoms with van der Waals surface area (Å²) in [6.45, 7) is 0. The number of rotatable bonds is 2.